The molecule has 0 atom stereocenters. The van der Waals surface area contributed by atoms with Crippen molar-refractivity contribution in [2.45, 2.75) is 18.2 Å². The molecule has 4 nitrogen and oxygen atoms in total. The predicted molar refractivity (Wildman–Crippen MR) is 59.7 cm³/mol. The van der Waals surface area contributed by atoms with E-state index in [1.807, 2.05) is 0 Å². The zero-order valence-corrected chi connectivity index (χ0v) is 10.3. The lowest BCUT2D eigenvalue weighted by molar-refractivity contribution is -0.322. The first-order valence-corrected chi connectivity index (χ1v) is 6.56. The molecule has 0 aromatic heterocycles. The van der Waals surface area contributed by atoms with Gasteiger partial charge in [0, 0.05) is 5.69 Å². The molecular weight excluding hydrogens is 271 g/mol. The van der Waals surface area contributed by atoms with E-state index in [-0.39, 0.29) is 4.90 Å². The fraction of sp³-hybridized carbons (Fsp3) is 0.400. The number of nitrogen functional groups attached to an aromatic ring is 1. The van der Waals surface area contributed by atoms with E-state index in [2.05, 4.69) is 4.74 Å². The molecule has 0 saturated carbocycles. The minimum absolute atomic E-state index is 0.0695. The normalized spacial score (nSPS) is 12.7. The van der Waals surface area contributed by atoms with Crippen LogP contribution in [0.5, 0.6) is 0 Å². The molecule has 8 heteroatoms. The molecule has 0 spiro atoms. The highest BCUT2D eigenvalue weighted by atomic mass is 32.2. The Morgan fingerprint density at radius 2 is 1.94 bits per heavy atom. The lowest BCUT2D eigenvalue weighted by Crippen LogP contribution is -2.20. The number of nitrogens with two attached hydrogens (primary N) is 1. The topological polar surface area (TPSA) is 69.4 Å². The summed E-state index contributed by atoms with van der Waals surface area (Å²) in [6.45, 7) is 0.676. The maximum absolute atomic E-state index is 11.7. The standard InChI is InChI=1S/C10H12F3NO3S/c1-7-6-8(2-3-9(7)14)18(15,16)5-4-17-10(11,12)13/h2-3,6H,4-5,14H2,1H3. The molecule has 0 heterocycles. The van der Waals surface area contributed by atoms with Crippen molar-refractivity contribution >= 4 is 15.5 Å². The number of hydrogen-bond donors (Lipinski definition) is 1. The van der Waals surface area contributed by atoms with Crippen molar-refractivity contribution in [2.75, 3.05) is 18.1 Å². The van der Waals surface area contributed by atoms with Gasteiger partial charge in [-0.05, 0) is 30.7 Å². The first kappa shape index (κ1) is 14.8. The Morgan fingerprint density at radius 1 is 1.33 bits per heavy atom. The lowest BCUT2D eigenvalue weighted by atomic mass is 10.2. The molecule has 0 radical (unpaired) electrons. The van der Waals surface area contributed by atoms with Crippen molar-refractivity contribution in [2.24, 2.45) is 0 Å². The van der Waals surface area contributed by atoms with Crippen molar-refractivity contribution in [3.63, 3.8) is 0 Å². The number of halogens is 3. The third-order valence-corrected chi connectivity index (χ3v) is 3.89. The summed E-state index contributed by atoms with van der Waals surface area (Å²) < 4.78 is 62.0. The molecule has 0 saturated heterocycles. The molecule has 1 aromatic rings. The van der Waals surface area contributed by atoms with E-state index in [1.165, 1.54) is 18.2 Å². The van der Waals surface area contributed by atoms with Gasteiger partial charge in [-0.3, -0.25) is 4.74 Å². The van der Waals surface area contributed by atoms with Crippen LogP contribution in [0.3, 0.4) is 0 Å². The number of benzene rings is 1. The van der Waals surface area contributed by atoms with Crippen LogP contribution in [0, 0.1) is 6.92 Å². The lowest BCUT2D eigenvalue weighted by Gasteiger charge is -2.09. The van der Waals surface area contributed by atoms with Crippen LogP contribution in [0.25, 0.3) is 0 Å². The summed E-state index contributed by atoms with van der Waals surface area (Å²) >= 11 is 0. The maximum atomic E-state index is 11.7. The molecule has 1 rings (SSSR count). The third kappa shape index (κ3) is 4.19. The summed E-state index contributed by atoms with van der Waals surface area (Å²) in [6.07, 6.45) is -4.83. The number of hydrogen-bond acceptors (Lipinski definition) is 4. The first-order chi connectivity index (χ1) is 8.12. The largest absolute Gasteiger partial charge is 0.522 e. The van der Waals surface area contributed by atoms with Crippen LogP contribution in [0.4, 0.5) is 18.9 Å². The average molecular weight is 283 g/mol. The van der Waals surface area contributed by atoms with Crippen LogP contribution in [0.1, 0.15) is 5.56 Å². The number of sulfone groups is 1. The minimum Gasteiger partial charge on any atom is -0.399 e. The van der Waals surface area contributed by atoms with Crippen LogP contribution in [0.15, 0.2) is 23.1 Å². The van der Waals surface area contributed by atoms with Gasteiger partial charge in [0.1, 0.15) is 0 Å². The van der Waals surface area contributed by atoms with E-state index in [4.69, 9.17) is 5.73 Å². The molecule has 102 valence electrons. The van der Waals surface area contributed by atoms with Crippen LogP contribution >= 0.6 is 0 Å². The molecular formula is C10H12F3NO3S. The summed E-state index contributed by atoms with van der Waals surface area (Å²) in [6, 6.07) is 3.97. The van der Waals surface area contributed by atoms with Gasteiger partial charge in [-0.1, -0.05) is 0 Å². The Labute approximate surface area is 102 Å². The Bertz CT molecular complexity index is 526. The Balaban J connectivity index is 2.77. The van der Waals surface area contributed by atoms with Gasteiger partial charge in [-0.25, -0.2) is 8.42 Å². The summed E-state index contributed by atoms with van der Waals surface area (Å²) in [7, 11) is -3.80. The van der Waals surface area contributed by atoms with Crippen molar-refractivity contribution < 1.29 is 26.3 Å². The monoisotopic (exact) mass is 283 g/mol. The van der Waals surface area contributed by atoms with Crippen molar-refractivity contribution in [3.8, 4) is 0 Å². The quantitative estimate of drug-likeness (QED) is 0.857. The van der Waals surface area contributed by atoms with E-state index >= 15 is 0 Å². The number of ether oxygens (including phenoxy) is 1. The first-order valence-electron chi connectivity index (χ1n) is 4.91. The van der Waals surface area contributed by atoms with Gasteiger partial charge in [-0.15, -0.1) is 13.2 Å². The highest BCUT2D eigenvalue weighted by molar-refractivity contribution is 7.91. The van der Waals surface area contributed by atoms with Gasteiger partial charge in [0.05, 0.1) is 17.3 Å². The second kappa shape index (κ2) is 5.15. The number of aryl methyl sites for hydroxylation is 1. The third-order valence-electron chi connectivity index (χ3n) is 2.22. The zero-order chi connectivity index (χ0) is 14.0. The van der Waals surface area contributed by atoms with Gasteiger partial charge in [0.25, 0.3) is 0 Å². The molecule has 0 aliphatic carbocycles. The number of anilines is 1. The van der Waals surface area contributed by atoms with Crippen molar-refractivity contribution in [1.29, 1.82) is 0 Å². The molecule has 0 fully saturated rings. The van der Waals surface area contributed by atoms with Crippen LogP contribution < -0.4 is 5.73 Å². The molecule has 0 unspecified atom stereocenters. The van der Waals surface area contributed by atoms with E-state index in [0.717, 1.165) is 0 Å². The highest BCUT2D eigenvalue weighted by Crippen LogP contribution is 2.20. The SMILES string of the molecule is Cc1cc(S(=O)(=O)CCOC(F)(F)F)ccc1N. The second-order valence-electron chi connectivity index (χ2n) is 3.63. The molecule has 0 aliphatic heterocycles. The maximum Gasteiger partial charge on any atom is 0.522 e. The number of alkyl halides is 3. The van der Waals surface area contributed by atoms with E-state index in [0.29, 0.717) is 11.3 Å². The fourth-order valence-corrected chi connectivity index (χ4v) is 2.40. The molecule has 0 aliphatic rings. The summed E-state index contributed by atoms with van der Waals surface area (Å²) in [5, 5.41) is 0. The molecule has 0 bridgehead atoms. The Kier molecular flexibility index (Phi) is 4.23. The summed E-state index contributed by atoms with van der Waals surface area (Å²) in [5.41, 5.74) is 6.49. The van der Waals surface area contributed by atoms with Crippen molar-refractivity contribution in [1.82, 2.24) is 0 Å². The molecule has 1 aromatic carbocycles. The molecule has 0 amide bonds. The highest BCUT2D eigenvalue weighted by Gasteiger charge is 2.29. The minimum atomic E-state index is -4.83. The van der Waals surface area contributed by atoms with E-state index in [1.54, 1.807) is 6.92 Å². The van der Waals surface area contributed by atoms with Gasteiger partial charge in [0.2, 0.25) is 0 Å². The fourth-order valence-electron chi connectivity index (χ4n) is 1.23. The van der Waals surface area contributed by atoms with Crippen LogP contribution in [-0.2, 0) is 14.6 Å². The zero-order valence-electron chi connectivity index (χ0n) is 9.49. The smallest absolute Gasteiger partial charge is 0.399 e. The van der Waals surface area contributed by atoms with Gasteiger partial charge in [0.15, 0.2) is 9.84 Å². The summed E-state index contributed by atoms with van der Waals surface area (Å²) in [4.78, 5) is -0.0695. The second-order valence-corrected chi connectivity index (χ2v) is 5.74. The Morgan fingerprint density at radius 3 is 2.44 bits per heavy atom. The number of rotatable bonds is 4. The summed E-state index contributed by atoms with van der Waals surface area (Å²) in [5.74, 6) is -0.740. The van der Waals surface area contributed by atoms with Crippen LogP contribution in [0.2, 0.25) is 0 Å². The van der Waals surface area contributed by atoms with Gasteiger partial charge in [-0.2, -0.15) is 0 Å². The van der Waals surface area contributed by atoms with Gasteiger partial charge >= 0.3 is 6.36 Å². The van der Waals surface area contributed by atoms with E-state index < -0.39 is 28.6 Å². The van der Waals surface area contributed by atoms with Crippen LogP contribution in [-0.4, -0.2) is 27.1 Å². The molecule has 18 heavy (non-hydrogen) atoms. The predicted octanol–water partition coefficient (Wildman–Crippen LogP) is 1.89. The van der Waals surface area contributed by atoms with E-state index in [9.17, 15) is 21.6 Å². The van der Waals surface area contributed by atoms with Gasteiger partial charge < -0.3 is 5.73 Å². The molecule has 2 N–H and O–H groups in total. The Hall–Kier alpha value is -1.28. The van der Waals surface area contributed by atoms with Crippen molar-refractivity contribution in [3.05, 3.63) is 23.8 Å². The average Bonchev–Trinajstić information content (AvgIpc) is 2.19.